The summed E-state index contributed by atoms with van der Waals surface area (Å²) in [6.45, 7) is 2.16. The van der Waals surface area contributed by atoms with Gasteiger partial charge in [0.2, 0.25) is 12.7 Å². The number of fused-ring (bicyclic) bond motifs is 2. The van der Waals surface area contributed by atoms with Crippen molar-refractivity contribution in [3.8, 4) is 22.6 Å². The normalized spacial score (nSPS) is 16.2. The van der Waals surface area contributed by atoms with Crippen LogP contribution in [0.4, 0.5) is 11.5 Å². The van der Waals surface area contributed by atoms with Crippen molar-refractivity contribution >= 4 is 34.9 Å². The van der Waals surface area contributed by atoms with E-state index in [9.17, 15) is 9.59 Å². The minimum atomic E-state index is -0.727. The number of nitrogens with zero attached hydrogens (tertiary/aromatic N) is 2. The average Bonchev–Trinajstić information content (AvgIpc) is 3.43. The lowest BCUT2D eigenvalue weighted by Gasteiger charge is -2.10. The van der Waals surface area contributed by atoms with Gasteiger partial charge in [0.15, 0.2) is 11.5 Å². The molecule has 0 bridgehead atoms. The molecule has 1 unspecified atom stereocenters. The Morgan fingerprint density at radius 1 is 1.23 bits per heavy atom. The Balaban J connectivity index is 1.39. The van der Waals surface area contributed by atoms with E-state index >= 15 is 0 Å². The van der Waals surface area contributed by atoms with Crippen molar-refractivity contribution in [1.29, 1.82) is 0 Å². The standard InChI is InChI=1S/C22H19ClN4O4/c1-2-15-20(12-3-5-13(23)6-4-12)21-25-22(29)16(27(21)26-15)10-19(28)24-14-7-8-17-18(9-14)31-11-30-17/h3-9,16H,2,10-11H2,1H3,(H,24,28)(H,25,29). The van der Waals surface area contributed by atoms with E-state index in [0.29, 0.717) is 34.4 Å². The summed E-state index contributed by atoms with van der Waals surface area (Å²) >= 11 is 6.02. The number of benzene rings is 2. The van der Waals surface area contributed by atoms with Gasteiger partial charge in [-0.25, -0.2) is 4.68 Å². The molecule has 2 amide bonds. The van der Waals surface area contributed by atoms with Crippen LogP contribution in [0, 0.1) is 0 Å². The Morgan fingerprint density at radius 2 is 2.00 bits per heavy atom. The molecule has 1 atom stereocenters. The van der Waals surface area contributed by atoms with Crippen LogP contribution in [0.25, 0.3) is 11.1 Å². The third-order valence-corrected chi connectivity index (χ3v) is 5.58. The number of hydrogen-bond acceptors (Lipinski definition) is 5. The predicted molar refractivity (Wildman–Crippen MR) is 116 cm³/mol. The summed E-state index contributed by atoms with van der Waals surface area (Å²) in [4.78, 5) is 25.3. The summed E-state index contributed by atoms with van der Waals surface area (Å²) in [6.07, 6.45) is 0.641. The first-order chi connectivity index (χ1) is 15.0. The predicted octanol–water partition coefficient (Wildman–Crippen LogP) is 4.02. The maximum Gasteiger partial charge on any atom is 0.251 e. The lowest BCUT2D eigenvalue weighted by atomic mass is 10.0. The molecular weight excluding hydrogens is 420 g/mol. The molecule has 2 aliphatic heterocycles. The van der Waals surface area contributed by atoms with Crippen molar-refractivity contribution in [2.45, 2.75) is 25.8 Å². The van der Waals surface area contributed by atoms with Crippen molar-refractivity contribution in [1.82, 2.24) is 9.78 Å². The number of carbonyl (C=O) groups excluding carboxylic acids is 2. The highest BCUT2D eigenvalue weighted by Gasteiger charge is 2.36. The van der Waals surface area contributed by atoms with Crippen LogP contribution in [-0.4, -0.2) is 28.4 Å². The van der Waals surface area contributed by atoms with Crippen LogP contribution >= 0.6 is 11.6 Å². The molecule has 3 heterocycles. The molecule has 1 aromatic heterocycles. The number of nitrogens with one attached hydrogen (secondary N) is 2. The topological polar surface area (TPSA) is 94.5 Å². The molecule has 158 valence electrons. The lowest BCUT2D eigenvalue weighted by molar-refractivity contribution is -0.123. The van der Waals surface area contributed by atoms with Gasteiger partial charge < -0.3 is 20.1 Å². The van der Waals surface area contributed by atoms with E-state index in [1.165, 1.54) is 0 Å². The summed E-state index contributed by atoms with van der Waals surface area (Å²) in [5.74, 6) is 1.25. The maximum atomic E-state index is 12.7. The molecule has 0 saturated heterocycles. The molecular formula is C22H19ClN4O4. The van der Waals surface area contributed by atoms with Crippen LogP contribution in [0.1, 0.15) is 25.1 Å². The second-order valence-electron chi connectivity index (χ2n) is 7.30. The number of carbonyl (C=O) groups is 2. The highest BCUT2D eigenvalue weighted by Crippen LogP contribution is 2.39. The first kappa shape index (κ1) is 19.4. The number of halogens is 1. The molecule has 8 nitrogen and oxygen atoms in total. The SMILES string of the molecule is CCc1nn2c(c1-c1ccc(Cl)cc1)NC(=O)C2CC(=O)Nc1ccc2c(c1)OCO2. The molecule has 9 heteroatoms. The summed E-state index contributed by atoms with van der Waals surface area (Å²) in [5, 5.41) is 11.0. The fourth-order valence-electron chi connectivity index (χ4n) is 3.85. The largest absolute Gasteiger partial charge is 0.454 e. The minimum absolute atomic E-state index is 0.0435. The van der Waals surface area contributed by atoms with E-state index < -0.39 is 6.04 Å². The third kappa shape index (κ3) is 3.48. The number of aromatic nitrogens is 2. The van der Waals surface area contributed by atoms with Gasteiger partial charge >= 0.3 is 0 Å². The number of rotatable bonds is 5. The van der Waals surface area contributed by atoms with Gasteiger partial charge in [-0.1, -0.05) is 30.7 Å². The minimum Gasteiger partial charge on any atom is -0.454 e. The monoisotopic (exact) mass is 438 g/mol. The molecule has 0 saturated carbocycles. The molecule has 31 heavy (non-hydrogen) atoms. The van der Waals surface area contributed by atoms with E-state index in [1.54, 1.807) is 35.0 Å². The van der Waals surface area contributed by atoms with E-state index in [0.717, 1.165) is 16.8 Å². The Bertz CT molecular complexity index is 1190. The van der Waals surface area contributed by atoms with Crippen LogP contribution in [0.3, 0.4) is 0 Å². The van der Waals surface area contributed by atoms with Crippen LogP contribution in [0.5, 0.6) is 11.5 Å². The van der Waals surface area contributed by atoms with Gasteiger partial charge in [-0.05, 0) is 36.2 Å². The van der Waals surface area contributed by atoms with Crippen LogP contribution in [0.2, 0.25) is 5.02 Å². The number of ether oxygens (including phenoxy) is 2. The van der Waals surface area contributed by atoms with Crippen LogP contribution < -0.4 is 20.1 Å². The number of anilines is 2. The molecule has 2 aliphatic rings. The van der Waals surface area contributed by atoms with Crippen LogP contribution in [-0.2, 0) is 16.0 Å². The second kappa shape index (κ2) is 7.63. The molecule has 0 fully saturated rings. The van der Waals surface area contributed by atoms with E-state index in [-0.39, 0.29) is 25.0 Å². The smallest absolute Gasteiger partial charge is 0.251 e. The molecule has 3 aromatic rings. The second-order valence-corrected chi connectivity index (χ2v) is 7.74. The zero-order chi connectivity index (χ0) is 21.5. The summed E-state index contributed by atoms with van der Waals surface area (Å²) < 4.78 is 12.2. The molecule has 0 radical (unpaired) electrons. The fraction of sp³-hybridized carbons (Fsp3) is 0.227. The summed E-state index contributed by atoms with van der Waals surface area (Å²) in [6, 6.07) is 11.8. The zero-order valence-corrected chi connectivity index (χ0v) is 17.4. The highest BCUT2D eigenvalue weighted by atomic mass is 35.5. The van der Waals surface area contributed by atoms with Gasteiger partial charge in [-0.3, -0.25) is 9.59 Å². The van der Waals surface area contributed by atoms with Gasteiger partial charge in [-0.2, -0.15) is 5.10 Å². The van der Waals surface area contributed by atoms with Gasteiger partial charge in [0.1, 0.15) is 11.9 Å². The molecule has 2 N–H and O–H groups in total. The third-order valence-electron chi connectivity index (χ3n) is 5.33. The number of aryl methyl sites for hydroxylation is 1. The summed E-state index contributed by atoms with van der Waals surface area (Å²) in [5.41, 5.74) is 3.18. The number of hydrogen-bond donors (Lipinski definition) is 2. The van der Waals surface area contributed by atoms with Crippen molar-refractivity contribution in [2.24, 2.45) is 0 Å². The van der Waals surface area contributed by atoms with Gasteiger partial charge in [-0.15, -0.1) is 0 Å². The Morgan fingerprint density at radius 3 is 2.77 bits per heavy atom. The molecule has 0 spiro atoms. The van der Waals surface area contributed by atoms with Crippen molar-refractivity contribution < 1.29 is 19.1 Å². The molecule has 2 aromatic carbocycles. The first-order valence-electron chi connectivity index (χ1n) is 9.91. The quantitative estimate of drug-likeness (QED) is 0.627. The maximum absolute atomic E-state index is 12.7. The van der Waals surface area contributed by atoms with Gasteiger partial charge in [0, 0.05) is 22.3 Å². The van der Waals surface area contributed by atoms with Crippen molar-refractivity contribution in [3.05, 3.63) is 53.2 Å². The van der Waals surface area contributed by atoms with Crippen molar-refractivity contribution in [2.75, 3.05) is 17.4 Å². The Hall–Kier alpha value is -3.52. The van der Waals surface area contributed by atoms with E-state index in [1.807, 2.05) is 19.1 Å². The van der Waals surface area contributed by atoms with E-state index in [4.69, 9.17) is 21.1 Å². The Kier molecular flexibility index (Phi) is 4.78. The molecule has 0 aliphatic carbocycles. The zero-order valence-electron chi connectivity index (χ0n) is 16.6. The average molecular weight is 439 g/mol. The van der Waals surface area contributed by atoms with E-state index in [2.05, 4.69) is 15.7 Å². The van der Waals surface area contributed by atoms with Crippen LogP contribution in [0.15, 0.2) is 42.5 Å². The molecule has 5 rings (SSSR count). The van der Waals surface area contributed by atoms with Gasteiger partial charge in [0.05, 0.1) is 12.1 Å². The number of amides is 2. The fourth-order valence-corrected chi connectivity index (χ4v) is 3.97. The summed E-state index contributed by atoms with van der Waals surface area (Å²) in [7, 11) is 0. The van der Waals surface area contributed by atoms with Gasteiger partial charge in [0.25, 0.3) is 5.91 Å². The van der Waals surface area contributed by atoms with Crippen molar-refractivity contribution in [3.63, 3.8) is 0 Å². The first-order valence-corrected chi connectivity index (χ1v) is 10.3. The lowest BCUT2D eigenvalue weighted by Crippen LogP contribution is -2.23. The Labute approximate surface area is 183 Å². The highest BCUT2D eigenvalue weighted by molar-refractivity contribution is 6.30.